The van der Waals surface area contributed by atoms with Crippen molar-refractivity contribution in [2.45, 2.75) is 50.4 Å². The second-order valence-corrected chi connectivity index (χ2v) is 6.12. The molecule has 148 valence electrons. The molecule has 0 radical (unpaired) electrons. The molecule has 0 aliphatic carbocycles. The summed E-state index contributed by atoms with van der Waals surface area (Å²) in [5.41, 5.74) is 9.25. The number of nitrogens with zero attached hydrogens (tertiary/aromatic N) is 3. The number of benzene rings is 1. The largest absolute Gasteiger partial charge is 0.459 e. The molecule has 1 saturated heterocycles. The van der Waals surface area contributed by atoms with Gasteiger partial charge in [0.1, 0.15) is 18.8 Å². The Kier molecular flexibility index (Phi) is 8.50. The fourth-order valence-electron chi connectivity index (χ4n) is 2.78. The van der Waals surface area contributed by atoms with Gasteiger partial charge in [0.25, 0.3) is 0 Å². The third kappa shape index (κ3) is 5.66. The summed E-state index contributed by atoms with van der Waals surface area (Å²) < 4.78 is 22.0. The molecule has 1 aromatic rings. The van der Waals surface area contributed by atoms with Crippen LogP contribution in [0.1, 0.15) is 30.1 Å². The van der Waals surface area contributed by atoms with Crippen molar-refractivity contribution >= 4 is 5.97 Å². The number of unbranched alkanes of at least 4 members (excludes halogenated alkanes) is 1. The highest BCUT2D eigenvalue weighted by atomic mass is 16.7. The summed E-state index contributed by atoms with van der Waals surface area (Å²) in [6.45, 7) is 2.22. The SMILES string of the molecule is CCCCOC1[C@H](OC)OC(COC(=O)c2ccccc2)[C@@H](O)[C@@H]1N=[N+]=[N-]. The maximum atomic E-state index is 12.1. The number of rotatable bonds is 9. The summed E-state index contributed by atoms with van der Waals surface area (Å²) in [5, 5.41) is 14.2. The van der Waals surface area contributed by atoms with E-state index in [-0.39, 0.29) is 6.61 Å². The van der Waals surface area contributed by atoms with E-state index in [1.807, 2.05) is 6.92 Å². The van der Waals surface area contributed by atoms with Crippen molar-refractivity contribution < 1.29 is 28.8 Å². The zero-order valence-electron chi connectivity index (χ0n) is 15.4. The molecule has 1 aromatic carbocycles. The van der Waals surface area contributed by atoms with E-state index >= 15 is 0 Å². The zero-order valence-corrected chi connectivity index (χ0v) is 15.4. The lowest BCUT2D eigenvalue weighted by Crippen LogP contribution is -2.59. The maximum Gasteiger partial charge on any atom is 0.338 e. The molecule has 0 amide bonds. The third-order valence-electron chi connectivity index (χ3n) is 4.26. The van der Waals surface area contributed by atoms with Crippen LogP contribution in [0.3, 0.4) is 0 Å². The Morgan fingerprint density at radius 3 is 2.74 bits per heavy atom. The van der Waals surface area contributed by atoms with E-state index in [0.29, 0.717) is 12.2 Å². The van der Waals surface area contributed by atoms with Gasteiger partial charge in [0.05, 0.1) is 17.7 Å². The lowest BCUT2D eigenvalue weighted by Gasteiger charge is -2.42. The smallest absolute Gasteiger partial charge is 0.338 e. The Morgan fingerprint density at radius 1 is 1.37 bits per heavy atom. The standard InChI is InChI=1S/C18H25N3O6/c1-3-4-10-25-16-14(20-21-19)15(22)13(27-18(16)24-2)11-26-17(23)12-8-6-5-7-9-12/h5-9,13-16,18,22H,3-4,10-11H2,1-2H3/t13?,14-,15+,16?,18+/m0/s1. The van der Waals surface area contributed by atoms with Gasteiger partial charge in [-0.05, 0) is 24.1 Å². The Labute approximate surface area is 157 Å². The molecule has 9 nitrogen and oxygen atoms in total. The predicted molar refractivity (Wildman–Crippen MR) is 96.0 cm³/mol. The van der Waals surface area contributed by atoms with E-state index in [0.717, 1.165) is 12.8 Å². The van der Waals surface area contributed by atoms with Crippen molar-refractivity contribution in [3.63, 3.8) is 0 Å². The number of hydrogen-bond acceptors (Lipinski definition) is 7. The number of carbonyl (C=O) groups is 1. The molecule has 1 N–H and O–H groups in total. The molecular formula is C18H25N3O6. The predicted octanol–water partition coefficient (Wildman–Crippen LogP) is 2.44. The first-order valence-corrected chi connectivity index (χ1v) is 8.86. The van der Waals surface area contributed by atoms with Crippen molar-refractivity contribution in [2.24, 2.45) is 5.11 Å². The molecule has 1 heterocycles. The van der Waals surface area contributed by atoms with Gasteiger partial charge in [0.2, 0.25) is 0 Å². The lowest BCUT2D eigenvalue weighted by molar-refractivity contribution is -0.277. The average molecular weight is 379 g/mol. The van der Waals surface area contributed by atoms with Gasteiger partial charge in [-0.15, -0.1) is 0 Å². The van der Waals surface area contributed by atoms with Crippen molar-refractivity contribution in [1.29, 1.82) is 0 Å². The third-order valence-corrected chi connectivity index (χ3v) is 4.26. The highest BCUT2D eigenvalue weighted by Gasteiger charge is 2.46. The molecule has 0 saturated carbocycles. The highest BCUT2D eigenvalue weighted by Crippen LogP contribution is 2.27. The molecule has 2 rings (SSSR count). The van der Waals surface area contributed by atoms with Gasteiger partial charge in [0, 0.05) is 18.6 Å². The Bertz CT molecular complexity index is 637. The summed E-state index contributed by atoms with van der Waals surface area (Å²) >= 11 is 0. The second-order valence-electron chi connectivity index (χ2n) is 6.12. The molecule has 1 aliphatic rings. The fourth-order valence-corrected chi connectivity index (χ4v) is 2.78. The molecule has 0 bridgehead atoms. The first-order chi connectivity index (χ1) is 13.1. The lowest BCUT2D eigenvalue weighted by atomic mass is 9.97. The molecule has 27 heavy (non-hydrogen) atoms. The molecule has 0 aromatic heterocycles. The van der Waals surface area contributed by atoms with Crippen molar-refractivity contribution in [1.82, 2.24) is 0 Å². The monoisotopic (exact) mass is 379 g/mol. The number of azide groups is 1. The molecule has 1 aliphatic heterocycles. The van der Waals surface area contributed by atoms with Gasteiger partial charge in [-0.2, -0.15) is 0 Å². The number of methoxy groups -OCH3 is 1. The van der Waals surface area contributed by atoms with Crippen LogP contribution in [0.15, 0.2) is 35.4 Å². The Hall–Kier alpha value is -2.16. The van der Waals surface area contributed by atoms with E-state index in [2.05, 4.69) is 10.0 Å². The molecule has 2 unspecified atom stereocenters. The van der Waals surface area contributed by atoms with Crippen LogP contribution in [-0.2, 0) is 18.9 Å². The molecule has 0 spiro atoms. The fraction of sp³-hybridized carbons (Fsp3) is 0.611. The van der Waals surface area contributed by atoms with Crippen molar-refractivity contribution in [3.05, 3.63) is 46.3 Å². The summed E-state index contributed by atoms with van der Waals surface area (Å²) in [6, 6.07) is 7.55. The quantitative estimate of drug-likeness (QED) is 0.231. The number of aliphatic hydroxyl groups is 1. The molecular weight excluding hydrogens is 354 g/mol. The number of esters is 1. The topological polar surface area (TPSA) is 123 Å². The van der Waals surface area contributed by atoms with Crippen molar-refractivity contribution in [3.8, 4) is 0 Å². The van der Waals surface area contributed by atoms with Crippen LogP contribution in [0.5, 0.6) is 0 Å². The van der Waals surface area contributed by atoms with Crippen LogP contribution < -0.4 is 0 Å². The van der Waals surface area contributed by atoms with E-state index in [1.54, 1.807) is 30.3 Å². The summed E-state index contributed by atoms with van der Waals surface area (Å²) in [7, 11) is 1.43. The normalized spacial score (nSPS) is 27.6. The first-order valence-electron chi connectivity index (χ1n) is 8.86. The van der Waals surface area contributed by atoms with Crippen LogP contribution in [0.4, 0.5) is 0 Å². The number of ether oxygens (including phenoxy) is 4. The van der Waals surface area contributed by atoms with E-state index in [9.17, 15) is 9.90 Å². The maximum absolute atomic E-state index is 12.1. The van der Waals surface area contributed by atoms with Gasteiger partial charge in [0.15, 0.2) is 6.29 Å². The first kappa shape index (κ1) is 21.1. The summed E-state index contributed by atoms with van der Waals surface area (Å²) in [6.07, 6.45) is -2.00. The van der Waals surface area contributed by atoms with Crippen molar-refractivity contribution in [2.75, 3.05) is 20.3 Å². The van der Waals surface area contributed by atoms with Gasteiger partial charge < -0.3 is 24.1 Å². The highest BCUT2D eigenvalue weighted by molar-refractivity contribution is 5.89. The van der Waals surface area contributed by atoms with Crippen LogP contribution in [-0.4, -0.2) is 62.0 Å². The van der Waals surface area contributed by atoms with Crippen LogP contribution in [0.25, 0.3) is 10.4 Å². The number of hydrogen-bond donors (Lipinski definition) is 1. The second kappa shape index (κ2) is 10.9. The minimum Gasteiger partial charge on any atom is -0.459 e. The Balaban J connectivity index is 2.05. The van der Waals surface area contributed by atoms with Gasteiger partial charge in [-0.1, -0.05) is 36.7 Å². The van der Waals surface area contributed by atoms with Crippen LogP contribution >= 0.6 is 0 Å². The molecule has 5 atom stereocenters. The minimum atomic E-state index is -1.21. The van der Waals surface area contributed by atoms with E-state index in [4.69, 9.17) is 24.5 Å². The van der Waals surface area contributed by atoms with Gasteiger partial charge in [-0.25, -0.2) is 4.79 Å². The van der Waals surface area contributed by atoms with Gasteiger partial charge in [-0.3, -0.25) is 0 Å². The van der Waals surface area contributed by atoms with Crippen LogP contribution in [0, 0.1) is 0 Å². The average Bonchev–Trinajstić information content (AvgIpc) is 2.70. The zero-order chi connectivity index (χ0) is 19.6. The number of aliphatic hydroxyl groups excluding tert-OH is 1. The molecule has 1 fully saturated rings. The van der Waals surface area contributed by atoms with Crippen LogP contribution in [0.2, 0.25) is 0 Å². The number of carbonyl (C=O) groups excluding carboxylic acids is 1. The molecule has 9 heteroatoms. The van der Waals surface area contributed by atoms with E-state index in [1.165, 1.54) is 7.11 Å². The summed E-state index contributed by atoms with van der Waals surface area (Å²) in [4.78, 5) is 14.9. The minimum absolute atomic E-state index is 0.214. The Morgan fingerprint density at radius 2 is 2.11 bits per heavy atom. The van der Waals surface area contributed by atoms with Gasteiger partial charge >= 0.3 is 5.97 Å². The summed E-state index contributed by atoms with van der Waals surface area (Å²) in [5.74, 6) is -0.540. The van der Waals surface area contributed by atoms with E-state index < -0.39 is 36.6 Å².